The number of aromatic nitrogens is 2. The molecule has 0 spiro atoms. The molecule has 0 N–H and O–H groups in total. The lowest BCUT2D eigenvalue weighted by atomic mass is 10.1. The smallest absolute Gasteiger partial charge is 0.410 e. The van der Waals surface area contributed by atoms with E-state index in [0.717, 1.165) is 19.3 Å². The predicted octanol–water partition coefficient (Wildman–Crippen LogP) is 5.35. The number of rotatable bonds is 7. The number of hydrogen-bond acceptors (Lipinski definition) is 7. The molecule has 0 saturated heterocycles. The number of carbonyl (C=O) groups excluding carboxylic acids is 2. The molecule has 2 aromatic carbocycles. The van der Waals surface area contributed by atoms with Crippen molar-refractivity contribution in [3.05, 3.63) is 71.5 Å². The summed E-state index contributed by atoms with van der Waals surface area (Å²) in [4.78, 5) is 31.6. The maximum atomic E-state index is 13.3. The molecule has 2 aliphatic carbocycles. The van der Waals surface area contributed by atoms with Gasteiger partial charge in [-0.15, -0.1) is 0 Å². The molecule has 2 saturated carbocycles. The summed E-state index contributed by atoms with van der Waals surface area (Å²) in [5, 5.41) is 4.29. The van der Waals surface area contributed by atoms with Crippen molar-refractivity contribution in [1.82, 2.24) is 15.0 Å². The Balaban J connectivity index is 1.35. The number of benzene rings is 2. The number of esters is 1. The lowest BCUT2D eigenvalue weighted by molar-refractivity contribution is 0.0208. The Morgan fingerprint density at radius 2 is 1.78 bits per heavy atom. The first-order valence-electron chi connectivity index (χ1n) is 12.3. The zero-order chi connectivity index (χ0) is 25.5. The van der Waals surface area contributed by atoms with E-state index in [1.54, 1.807) is 24.3 Å². The molecule has 188 valence electrons. The second kappa shape index (κ2) is 9.08. The lowest BCUT2D eigenvalue weighted by Crippen LogP contribution is -2.43. The van der Waals surface area contributed by atoms with Crippen LogP contribution >= 0.6 is 0 Å². The number of nitrogens with zero attached hydrogens (tertiary/aromatic N) is 3. The Labute approximate surface area is 210 Å². The Morgan fingerprint density at radius 3 is 2.39 bits per heavy atom. The quantitative estimate of drug-likeness (QED) is 0.413. The van der Waals surface area contributed by atoms with Gasteiger partial charge in [0.05, 0.1) is 18.1 Å². The highest BCUT2D eigenvalue weighted by Gasteiger charge is 2.55. The highest BCUT2D eigenvalue weighted by Crippen LogP contribution is 2.52. The molecule has 2 aliphatic rings. The molecule has 0 aliphatic heterocycles. The SMILES string of the molecule is COC(=O)c1ccc(-c2nc(C3(CN(C(=O)OC(C)(C)C)[C@H]4C[C@@H]4c4ccccc4)CC3)no2)cc1. The van der Waals surface area contributed by atoms with E-state index in [1.807, 2.05) is 43.9 Å². The van der Waals surface area contributed by atoms with Gasteiger partial charge in [0, 0.05) is 24.1 Å². The molecule has 1 heterocycles. The third-order valence-electron chi connectivity index (χ3n) is 6.79. The second-order valence-electron chi connectivity index (χ2n) is 10.7. The van der Waals surface area contributed by atoms with Crippen LogP contribution < -0.4 is 0 Å². The van der Waals surface area contributed by atoms with E-state index in [4.69, 9.17) is 14.0 Å². The first kappa shape index (κ1) is 24.0. The normalized spacial score (nSPS) is 19.9. The van der Waals surface area contributed by atoms with Gasteiger partial charge in [0.2, 0.25) is 0 Å². The van der Waals surface area contributed by atoms with Crippen LogP contribution in [0.25, 0.3) is 11.5 Å². The first-order valence-corrected chi connectivity index (χ1v) is 12.3. The van der Waals surface area contributed by atoms with Gasteiger partial charge in [-0.2, -0.15) is 4.98 Å². The highest BCUT2D eigenvalue weighted by molar-refractivity contribution is 5.89. The third kappa shape index (κ3) is 4.98. The summed E-state index contributed by atoms with van der Waals surface area (Å²) in [5.74, 6) is 0.870. The van der Waals surface area contributed by atoms with Crippen LogP contribution in [0.4, 0.5) is 4.79 Å². The van der Waals surface area contributed by atoms with Gasteiger partial charge in [-0.05, 0) is 69.9 Å². The van der Waals surface area contributed by atoms with Crippen molar-refractivity contribution < 1.29 is 23.6 Å². The summed E-state index contributed by atoms with van der Waals surface area (Å²) in [7, 11) is 1.35. The maximum Gasteiger partial charge on any atom is 0.410 e. The Hall–Kier alpha value is -3.68. The molecule has 3 aromatic rings. The van der Waals surface area contributed by atoms with Crippen LogP contribution in [0.3, 0.4) is 0 Å². The van der Waals surface area contributed by atoms with Crippen molar-refractivity contribution in [2.24, 2.45) is 0 Å². The fourth-order valence-corrected chi connectivity index (χ4v) is 4.57. The average Bonchev–Trinajstić information content (AvgIpc) is 3.78. The molecule has 1 amide bonds. The van der Waals surface area contributed by atoms with E-state index in [9.17, 15) is 9.59 Å². The molecule has 8 nitrogen and oxygen atoms in total. The first-order chi connectivity index (χ1) is 17.2. The molecule has 2 fully saturated rings. The molecular formula is C28H31N3O5. The van der Waals surface area contributed by atoms with Crippen molar-refractivity contribution in [1.29, 1.82) is 0 Å². The van der Waals surface area contributed by atoms with Crippen molar-refractivity contribution in [3.8, 4) is 11.5 Å². The predicted molar refractivity (Wildman–Crippen MR) is 133 cm³/mol. The molecular weight excluding hydrogens is 458 g/mol. The minimum absolute atomic E-state index is 0.0805. The zero-order valence-electron chi connectivity index (χ0n) is 21.1. The van der Waals surface area contributed by atoms with Crippen molar-refractivity contribution >= 4 is 12.1 Å². The Bertz CT molecular complexity index is 1240. The molecule has 36 heavy (non-hydrogen) atoms. The monoisotopic (exact) mass is 489 g/mol. The van der Waals surface area contributed by atoms with Crippen LogP contribution in [0, 0.1) is 0 Å². The largest absolute Gasteiger partial charge is 0.465 e. The van der Waals surface area contributed by atoms with Crippen molar-refractivity contribution in [2.75, 3.05) is 13.7 Å². The van der Waals surface area contributed by atoms with Crippen molar-refractivity contribution in [2.45, 2.75) is 63.0 Å². The summed E-state index contributed by atoms with van der Waals surface area (Å²) >= 11 is 0. The fraction of sp³-hybridized carbons (Fsp3) is 0.429. The standard InChI is InChI=1S/C28H31N3O5/c1-27(2,3)35-26(33)31(22-16-21(22)18-8-6-5-7-9-18)17-28(14-15-28)25-29-23(36-30-25)19-10-12-20(13-11-19)24(32)34-4/h5-13,21-22H,14-17H2,1-4H3/t21-,22+/m1/s1. The highest BCUT2D eigenvalue weighted by atomic mass is 16.6. The van der Waals surface area contributed by atoms with E-state index >= 15 is 0 Å². The van der Waals surface area contributed by atoms with E-state index < -0.39 is 11.6 Å². The molecule has 2 atom stereocenters. The molecule has 5 rings (SSSR count). The number of ether oxygens (including phenoxy) is 2. The number of carbonyl (C=O) groups is 2. The van der Waals surface area contributed by atoms with Gasteiger partial charge in [0.25, 0.3) is 5.89 Å². The van der Waals surface area contributed by atoms with Gasteiger partial charge in [-0.25, -0.2) is 9.59 Å². The minimum Gasteiger partial charge on any atom is -0.465 e. The minimum atomic E-state index is -0.584. The summed E-state index contributed by atoms with van der Waals surface area (Å²) in [6.45, 7) is 6.13. The van der Waals surface area contributed by atoms with Gasteiger partial charge in [-0.3, -0.25) is 0 Å². The van der Waals surface area contributed by atoms with Crippen LogP contribution in [-0.2, 0) is 14.9 Å². The molecule has 0 unspecified atom stereocenters. The lowest BCUT2D eigenvalue weighted by Gasteiger charge is -2.30. The summed E-state index contributed by atoms with van der Waals surface area (Å²) in [6.07, 6.45) is 2.34. The third-order valence-corrected chi connectivity index (χ3v) is 6.79. The van der Waals surface area contributed by atoms with Crippen molar-refractivity contribution in [3.63, 3.8) is 0 Å². The second-order valence-corrected chi connectivity index (χ2v) is 10.7. The van der Waals surface area contributed by atoms with Gasteiger partial charge >= 0.3 is 12.1 Å². The Kier molecular flexibility index (Phi) is 6.06. The van der Waals surface area contributed by atoms with Gasteiger partial charge in [-0.1, -0.05) is 35.5 Å². The summed E-state index contributed by atoms with van der Waals surface area (Å²) in [5.41, 5.74) is 1.46. The zero-order valence-corrected chi connectivity index (χ0v) is 21.1. The molecule has 0 bridgehead atoms. The van der Waals surface area contributed by atoms with Gasteiger partial charge in [0.1, 0.15) is 5.60 Å². The summed E-state index contributed by atoms with van der Waals surface area (Å²) in [6, 6.07) is 17.2. The van der Waals surface area contributed by atoms with Crippen LogP contribution in [0.1, 0.15) is 67.7 Å². The number of amides is 1. The number of methoxy groups -OCH3 is 1. The fourth-order valence-electron chi connectivity index (χ4n) is 4.57. The molecule has 1 aromatic heterocycles. The average molecular weight is 490 g/mol. The molecule has 8 heteroatoms. The van der Waals surface area contributed by atoms with Gasteiger partial charge < -0.3 is 18.9 Å². The van der Waals surface area contributed by atoms with Crippen LogP contribution in [0.15, 0.2) is 59.1 Å². The topological polar surface area (TPSA) is 94.8 Å². The van der Waals surface area contributed by atoms with E-state index in [1.165, 1.54) is 12.7 Å². The molecule has 0 radical (unpaired) electrons. The maximum absolute atomic E-state index is 13.3. The van der Waals surface area contributed by atoms with Crippen LogP contribution in [0.5, 0.6) is 0 Å². The van der Waals surface area contributed by atoms with Crippen LogP contribution in [-0.4, -0.2) is 52.4 Å². The summed E-state index contributed by atoms with van der Waals surface area (Å²) < 4.78 is 16.1. The Morgan fingerprint density at radius 1 is 1.08 bits per heavy atom. The van der Waals surface area contributed by atoms with E-state index in [2.05, 4.69) is 22.3 Å². The van der Waals surface area contributed by atoms with E-state index in [-0.39, 0.29) is 17.6 Å². The van der Waals surface area contributed by atoms with Crippen LogP contribution in [0.2, 0.25) is 0 Å². The van der Waals surface area contributed by atoms with Gasteiger partial charge in [0.15, 0.2) is 5.82 Å². The number of hydrogen-bond donors (Lipinski definition) is 0. The van der Waals surface area contributed by atoms with E-state index in [0.29, 0.717) is 35.3 Å².